The average Bonchev–Trinajstić information content (AvgIpc) is 2.40. The van der Waals surface area contributed by atoms with E-state index in [2.05, 4.69) is 11.9 Å². The second kappa shape index (κ2) is 5.90. The molecule has 0 radical (unpaired) electrons. The topological polar surface area (TPSA) is 49.6 Å². The van der Waals surface area contributed by atoms with E-state index in [9.17, 15) is 4.79 Å². The first-order valence-electron chi connectivity index (χ1n) is 6.48. The number of halogens is 1. The maximum Gasteiger partial charge on any atom is 0.254 e. The molecule has 1 aliphatic heterocycles. The normalized spacial score (nSPS) is 20.6. The highest BCUT2D eigenvalue weighted by Gasteiger charge is 2.29. The molecule has 1 aromatic rings. The Kier molecular flexibility index (Phi) is 4.45. The Bertz CT molecular complexity index is 478. The molecular weight excluding hydrogens is 262 g/mol. The Hall–Kier alpha value is -1.10. The molecule has 1 fully saturated rings. The van der Waals surface area contributed by atoms with Crippen LogP contribution < -0.4 is 5.73 Å². The van der Waals surface area contributed by atoms with Crippen molar-refractivity contribution < 1.29 is 4.79 Å². The molecule has 1 aromatic carbocycles. The number of piperazine rings is 1. The molecule has 1 saturated heterocycles. The molecule has 0 saturated carbocycles. The second-order valence-electron chi connectivity index (χ2n) is 5.11. The molecule has 2 rings (SSSR count). The molecule has 1 heterocycles. The maximum absolute atomic E-state index is 12.6. The third-order valence-corrected chi connectivity index (χ3v) is 3.88. The largest absolute Gasteiger partial charge is 0.332 e. The average molecular weight is 282 g/mol. The molecule has 5 heteroatoms. The molecule has 4 nitrogen and oxygen atoms in total. The van der Waals surface area contributed by atoms with Crippen LogP contribution in [0.15, 0.2) is 18.2 Å². The number of hydrogen-bond acceptors (Lipinski definition) is 3. The first-order chi connectivity index (χ1) is 9.02. The van der Waals surface area contributed by atoms with Crippen LogP contribution in [0.25, 0.3) is 0 Å². The summed E-state index contributed by atoms with van der Waals surface area (Å²) in [4.78, 5) is 16.7. The van der Waals surface area contributed by atoms with E-state index in [1.807, 2.05) is 17.9 Å². The molecule has 19 heavy (non-hydrogen) atoms. The third kappa shape index (κ3) is 3.08. The van der Waals surface area contributed by atoms with Crippen LogP contribution in [0.4, 0.5) is 0 Å². The summed E-state index contributed by atoms with van der Waals surface area (Å²) in [5.41, 5.74) is 7.42. The Balaban J connectivity index is 2.25. The number of benzene rings is 1. The molecule has 0 aromatic heterocycles. The zero-order valence-corrected chi connectivity index (χ0v) is 12.2. The second-order valence-corrected chi connectivity index (χ2v) is 5.55. The SMILES string of the molecule is Cc1ccc(Cl)cc1C(=O)N1CCN(C)CC1CN. The lowest BCUT2D eigenvalue weighted by Crippen LogP contribution is -2.56. The van der Waals surface area contributed by atoms with Crippen molar-refractivity contribution >= 4 is 17.5 Å². The molecule has 1 unspecified atom stereocenters. The van der Waals surface area contributed by atoms with Gasteiger partial charge >= 0.3 is 0 Å². The van der Waals surface area contributed by atoms with Crippen molar-refractivity contribution in [1.82, 2.24) is 9.80 Å². The Morgan fingerprint density at radius 2 is 2.21 bits per heavy atom. The molecule has 1 aliphatic rings. The Morgan fingerprint density at radius 1 is 1.47 bits per heavy atom. The van der Waals surface area contributed by atoms with Crippen LogP contribution in [0, 0.1) is 6.92 Å². The van der Waals surface area contributed by atoms with Crippen LogP contribution in [0.5, 0.6) is 0 Å². The van der Waals surface area contributed by atoms with Crippen molar-refractivity contribution in [1.29, 1.82) is 0 Å². The summed E-state index contributed by atoms with van der Waals surface area (Å²) in [7, 11) is 2.05. The van der Waals surface area contributed by atoms with Gasteiger partial charge in [0.05, 0.1) is 6.04 Å². The molecule has 1 amide bonds. The van der Waals surface area contributed by atoms with E-state index < -0.39 is 0 Å². The number of aryl methyl sites for hydroxylation is 1. The fourth-order valence-corrected chi connectivity index (χ4v) is 2.63. The lowest BCUT2D eigenvalue weighted by atomic mass is 10.1. The van der Waals surface area contributed by atoms with Crippen LogP contribution in [-0.4, -0.2) is 55.0 Å². The van der Waals surface area contributed by atoms with Crippen molar-refractivity contribution in [2.24, 2.45) is 5.73 Å². The summed E-state index contributed by atoms with van der Waals surface area (Å²) < 4.78 is 0. The fourth-order valence-electron chi connectivity index (χ4n) is 2.46. The summed E-state index contributed by atoms with van der Waals surface area (Å²) in [6.45, 7) is 4.82. The van der Waals surface area contributed by atoms with E-state index in [0.29, 0.717) is 23.7 Å². The molecule has 2 N–H and O–H groups in total. The quantitative estimate of drug-likeness (QED) is 0.891. The van der Waals surface area contributed by atoms with Gasteiger partial charge in [-0.2, -0.15) is 0 Å². The summed E-state index contributed by atoms with van der Waals surface area (Å²) in [5, 5.41) is 0.590. The van der Waals surface area contributed by atoms with Gasteiger partial charge in [0, 0.05) is 36.8 Å². The van der Waals surface area contributed by atoms with E-state index >= 15 is 0 Å². The molecule has 1 atom stereocenters. The molecular formula is C14H20ClN3O. The zero-order valence-electron chi connectivity index (χ0n) is 11.4. The minimum Gasteiger partial charge on any atom is -0.332 e. The number of hydrogen-bond donors (Lipinski definition) is 1. The van der Waals surface area contributed by atoms with E-state index in [1.54, 1.807) is 12.1 Å². The van der Waals surface area contributed by atoms with Crippen LogP contribution in [-0.2, 0) is 0 Å². The lowest BCUT2D eigenvalue weighted by Gasteiger charge is -2.39. The van der Waals surface area contributed by atoms with Crippen molar-refractivity contribution in [3.05, 3.63) is 34.3 Å². The number of nitrogens with two attached hydrogens (primary N) is 1. The van der Waals surface area contributed by atoms with Gasteiger partial charge in [-0.05, 0) is 31.7 Å². The van der Waals surface area contributed by atoms with Crippen molar-refractivity contribution in [3.63, 3.8) is 0 Å². The number of amides is 1. The standard InChI is InChI=1S/C14H20ClN3O/c1-10-3-4-11(15)7-13(10)14(19)18-6-5-17(2)9-12(18)8-16/h3-4,7,12H,5-6,8-9,16H2,1-2H3. The summed E-state index contributed by atoms with van der Waals surface area (Å²) in [5.74, 6) is 0.0311. The van der Waals surface area contributed by atoms with Gasteiger partial charge in [-0.1, -0.05) is 17.7 Å². The van der Waals surface area contributed by atoms with Gasteiger partial charge in [-0.25, -0.2) is 0 Å². The maximum atomic E-state index is 12.6. The number of likely N-dealkylation sites (N-methyl/N-ethyl adjacent to an activating group) is 1. The lowest BCUT2D eigenvalue weighted by molar-refractivity contribution is 0.0515. The van der Waals surface area contributed by atoms with Gasteiger partial charge in [0.15, 0.2) is 0 Å². The Morgan fingerprint density at radius 3 is 2.89 bits per heavy atom. The summed E-state index contributed by atoms with van der Waals surface area (Å²) >= 11 is 5.99. The predicted molar refractivity (Wildman–Crippen MR) is 77.6 cm³/mol. The molecule has 0 aliphatic carbocycles. The van der Waals surface area contributed by atoms with Crippen molar-refractivity contribution in [2.75, 3.05) is 33.2 Å². The van der Waals surface area contributed by atoms with Crippen LogP contribution in [0.1, 0.15) is 15.9 Å². The molecule has 0 bridgehead atoms. The van der Waals surface area contributed by atoms with Gasteiger partial charge in [-0.3, -0.25) is 4.79 Å². The van der Waals surface area contributed by atoms with E-state index in [-0.39, 0.29) is 11.9 Å². The molecule has 104 valence electrons. The smallest absolute Gasteiger partial charge is 0.254 e. The summed E-state index contributed by atoms with van der Waals surface area (Å²) in [6, 6.07) is 5.50. The van der Waals surface area contributed by atoms with E-state index in [4.69, 9.17) is 17.3 Å². The van der Waals surface area contributed by atoms with Gasteiger partial charge in [0.25, 0.3) is 5.91 Å². The van der Waals surface area contributed by atoms with Crippen LogP contribution >= 0.6 is 11.6 Å². The highest BCUT2D eigenvalue weighted by atomic mass is 35.5. The number of nitrogens with zero attached hydrogens (tertiary/aromatic N) is 2. The monoisotopic (exact) mass is 281 g/mol. The number of carbonyl (C=O) groups is 1. The minimum atomic E-state index is 0.0311. The molecule has 0 spiro atoms. The Labute approximate surface area is 119 Å². The highest BCUT2D eigenvalue weighted by molar-refractivity contribution is 6.31. The van der Waals surface area contributed by atoms with E-state index in [1.165, 1.54) is 0 Å². The summed E-state index contributed by atoms with van der Waals surface area (Å²) in [6.07, 6.45) is 0. The number of rotatable bonds is 2. The van der Waals surface area contributed by atoms with Gasteiger partial charge < -0.3 is 15.5 Å². The van der Waals surface area contributed by atoms with Gasteiger partial charge in [0.1, 0.15) is 0 Å². The van der Waals surface area contributed by atoms with Gasteiger partial charge in [0.2, 0.25) is 0 Å². The predicted octanol–water partition coefficient (Wildman–Crippen LogP) is 1.36. The van der Waals surface area contributed by atoms with Gasteiger partial charge in [-0.15, -0.1) is 0 Å². The van der Waals surface area contributed by atoms with Crippen molar-refractivity contribution in [3.8, 4) is 0 Å². The fraction of sp³-hybridized carbons (Fsp3) is 0.500. The minimum absolute atomic E-state index is 0.0311. The highest BCUT2D eigenvalue weighted by Crippen LogP contribution is 2.19. The van der Waals surface area contributed by atoms with Crippen LogP contribution in [0.2, 0.25) is 5.02 Å². The first kappa shape index (κ1) is 14.3. The zero-order chi connectivity index (χ0) is 14.0. The third-order valence-electron chi connectivity index (χ3n) is 3.65. The number of carbonyl (C=O) groups excluding carboxylic acids is 1. The van der Waals surface area contributed by atoms with E-state index in [0.717, 1.165) is 18.7 Å². The van der Waals surface area contributed by atoms with Crippen LogP contribution in [0.3, 0.4) is 0 Å². The first-order valence-corrected chi connectivity index (χ1v) is 6.86. The van der Waals surface area contributed by atoms with Crippen molar-refractivity contribution in [2.45, 2.75) is 13.0 Å².